The van der Waals surface area contributed by atoms with E-state index in [9.17, 15) is 14.0 Å². The third-order valence-electron chi connectivity index (χ3n) is 6.71. The molecule has 218 valence electrons. The van der Waals surface area contributed by atoms with Crippen LogP contribution in [0.5, 0.6) is 5.75 Å². The number of methoxy groups -OCH3 is 1. The highest BCUT2D eigenvalue weighted by atomic mass is 32.2. The van der Waals surface area contributed by atoms with Gasteiger partial charge < -0.3 is 15.0 Å². The fraction of sp³-hybridized carbons (Fsp3) is 0.273. The van der Waals surface area contributed by atoms with Crippen LogP contribution in [-0.4, -0.2) is 39.5 Å². The first-order chi connectivity index (χ1) is 20.1. The Hall–Kier alpha value is -4.24. The van der Waals surface area contributed by atoms with Crippen LogP contribution >= 0.6 is 11.8 Å². The second-order valence-electron chi connectivity index (χ2n) is 10.3. The number of amides is 2. The lowest BCUT2D eigenvalue weighted by atomic mass is 9.97. The molecule has 1 heterocycles. The maximum absolute atomic E-state index is 14.0. The molecule has 3 aromatic carbocycles. The van der Waals surface area contributed by atoms with Gasteiger partial charge in [-0.25, -0.2) is 14.4 Å². The normalized spacial score (nSPS) is 11.7. The van der Waals surface area contributed by atoms with Crippen molar-refractivity contribution in [1.29, 1.82) is 0 Å². The first-order valence-electron chi connectivity index (χ1n) is 13.7. The number of ether oxygens (including phenoxy) is 1. The van der Waals surface area contributed by atoms with Gasteiger partial charge in [-0.15, -0.1) is 0 Å². The summed E-state index contributed by atoms with van der Waals surface area (Å²) in [5, 5.41) is 3.46. The molecule has 2 amide bonds. The zero-order chi connectivity index (χ0) is 30.2. The van der Waals surface area contributed by atoms with E-state index in [1.807, 2.05) is 44.2 Å². The van der Waals surface area contributed by atoms with E-state index in [0.29, 0.717) is 33.6 Å². The molecule has 42 heavy (non-hydrogen) atoms. The van der Waals surface area contributed by atoms with Crippen molar-refractivity contribution in [3.05, 3.63) is 113 Å². The van der Waals surface area contributed by atoms with E-state index in [1.54, 1.807) is 43.5 Å². The van der Waals surface area contributed by atoms with Crippen molar-refractivity contribution in [3.63, 3.8) is 0 Å². The molecule has 9 heteroatoms. The topological polar surface area (TPSA) is 84.4 Å². The average molecular weight is 587 g/mol. The maximum atomic E-state index is 14.0. The van der Waals surface area contributed by atoms with Crippen LogP contribution in [0.3, 0.4) is 0 Å². The summed E-state index contributed by atoms with van der Waals surface area (Å²) in [4.78, 5) is 38.4. The van der Waals surface area contributed by atoms with Crippen LogP contribution in [0.25, 0.3) is 0 Å². The molecule has 7 nitrogen and oxygen atoms in total. The Bertz CT molecular complexity index is 1490. The molecule has 4 rings (SSSR count). The standard InChI is InChI=1S/C33H35FN4O3S/c1-21(2)25-8-10-26(11-9-25)31(32(40)37-28-14-16-29(41-5)17-15-28)38(19-24-6-12-27(34)13-7-24)30(39)20-42-33-35-22(3)18-23(4)36-33/h6-18,21,31H,19-20H2,1-5H3,(H,37,40). The summed E-state index contributed by atoms with van der Waals surface area (Å²) < 4.78 is 19.0. The Morgan fingerprint density at radius 3 is 2.07 bits per heavy atom. The molecule has 0 spiro atoms. The monoisotopic (exact) mass is 586 g/mol. The maximum Gasteiger partial charge on any atom is 0.251 e. The number of aromatic nitrogens is 2. The summed E-state index contributed by atoms with van der Waals surface area (Å²) in [7, 11) is 1.57. The Kier molecular flexibility index (Phi) is 10.3. The number of carbonyl (C=O) groups is 2. The van der Waals surface area contributed by atoms with Gasteiger partial charge in [0.05, 0.1) is 12.9 Å². The second kappa shape index (κ2) is 14.1. The molecule has 1 N–H and O–H groups in total. The van der Waals surface area contributed by atoms with Crippen LogP contribution in [0.4, 0.5) is 10.1 Å². The quantitative estimate of drug-likeness (QED) is 0.153. The number of halogens is 1. The average Bonchev–Trinajstić information content (AvgIpc) is 2.97. The van der Waals surface area contributed by atoms with Gasteiger partial charge in [0.1, 0.15) is 17.6 Å². The second-order valence-corrected chi connectivity index (χ2v) is 11.3. The fourth-order valence-electron chi connectivity index (χ4n) is 4.50. The van der Waals surface area contributed by atoms with Crippen LogP contribution in [0.2, 0.25) is 0 Å². The molecule has 0 aliphatic rings. The van der Waals surface area contributed by atoms with E-state index in [-0.39, 0.29) is 29.9 Å². The van der Waals surface area contributed by atoms with Crippen molar-refractivity contribution in [2.45, 2.75) is 51.4 Å². The molecule has 1 atom stereocenters. The minimum absolute atomic E-state index is 0.0144. The molecular weight excluding hydrogens is 551 g/mol. The summed E-state index contributed by atoms with van der Waals surface area (Å²) in [5.41, 5.74) is 4.65. The molecule has 4 aromatic rings. The minimum Gasteiger partial charge on any atom is -0.497 e. The fourth-order valence-corrected chi connectivity index (χ4v) is 5.33. The number of aryl methyl sites for hydroxylation is 2. The van der Waals surface area contributed by atoms with Crippen LogP contribution in [0, 0.1) is 19.7 Å². The highest BCUT2D eigenvalue weighted by molar-refractivity contribution is 7.99. The zero-order valence-electron chi connectivity index (χ0n) is 24.4. The number of nitrogens with one attached hydrogen (secondary N) is 1. The van der Waals surface area contributed by atoms with Gasteiger partial charge in [0, 0.05) is 23.6 Å². The van der Waals surface area contributed by atoms with Crippen molar-refractivity contribution in [3.8, 4) is 5.75 Å². The molecular formula is C33H35FN4O3S. The van der Waals surface area contributed by atoms with Crippen molar-refractivity contribution < 1.29 is 18.7 Å². The van der Waals surface area contributed by atoms with E-state index >= 15 is 0 Å². The van der Waals surface area contributed by atoms with Crippen LogP contribution in [-0.2, 0) is 16.1 Å². The summed E-state index contributed by atoms with van der Waals surface area (Å²) in [5.74, 6) is -0.0578. The van der Waals surface area contributed by atoms with Gasteiger partial charge in [0.15, 0.2) is 5.16 Å². The molecule has 1 aromatic heterocycles. The summed E-state index contributed by atoms with van der Waals surface area (Å²) in [6.45, 7) is 8.04. The highest BCUT2D eigenvalue weighted by Gasteiger charge is 2.32. The molecule has 0 fully saturated rings. The summed E-state index contributed by atoms with van der Waals surface area (Å²) in [6.07, 6.45) is 0. The lowest BCUT2D eigenvalue weighted by Gasteiger charge is -2.32. The van der Waals surface area contributed by atoms with Crippen LogP contribution in [0.1, 0.15) is 53.9 Å². The Morgan fingerprint density at radius 1 is 0.905 bits per heavy atom. The number of anilines is 1. The number of hydrogen-bond acceptors (Lipinski definition) is 6. The number of nitrogens with zero attached hydrogens (tertiary/aromatic N) is 3. The lowest BCUT2D eigenvalue weighted by molar-refractivity contribution is -0.137. The van der Waals surface area contributed by atoms with Gasteiger partial charge in [-0.2, -0.15) is 0 Å². The van der Waals surface area contributed by atoms with E-state index in [1.165, 1.54) is 28.8 Å². The Morgan fingerprint density at radius 2 is 1.50 bits per heavy atom. The summed E-state index contributed by atoms with van der Waals surface area (Å²) >= 11 is 1.22. The van der Waals surface area contributed by atoms with E-state index in [0.717, 1.165) is 17.0 Å². The highest BCUT2D eigenvalue weighted by Crippen LogP contribution is 2.29. The minimum atomic E-state index is -0.966. The number of rotatable bonds is 11. The third-order valence-corrected chi connectivity index (χ3v) is 7.54. The first-order valence-corrected chi connectivity index (χ1v) is 14.6. The number of hydrogen-bond donors (Lipinski definition) is 1. The van der Waals surface area contributed by atoms with Gasteiger partial charge in [0.2, 0.25) is 5.91 Å². The van der Waals surface area contributed by atoms with Crippen LogP contribution in [0.15, 0.2) is 84.0 Å². The SMILES string of the molecule is COc1ccc(NC(=O)C(c2ccc(C(C)C)cc2)N(Cc2ccc(F)cc2)C(=O)CSc2nc(C)cc(C)n2)cc1. The predicted molar refractivity (Wildman–Crippen MR) is 164 cm³/mol. The molecule has 0 saturated carbocycles. The number of thioether (sulfide) groups is 1. The first kappa shape index (κ1) is 30.7. The smallest absolute Gasteiger partial charge is 0.251 e. The molecule has 0 aliphatic carbocycles. The number of benzene rings is 3. The van der Waals surface area contributed by atoms with E-state index in [4.69, 9.17) is 4.74 Å². The Balaban J connectivity index is 1.71. The third kappa shape index (κ3) is 8.16. The van der Waals surface area contributed by atoms with Crippen molar-refractivity contribution >= 4 is 29.3 Å². The largest absolute Gasteiger partial charge is 0.497 e. The molecule has 0 saturated heterocycles. The van der Waals surface area contributed by atoms with Gasteiger partial charge in [-0.05, 0) is 78.9 Å². The van der Waals surface area contributed by atoms with E-state index in [2.05, 4.69) is 29.1 Å². The van der Waals surface area contributed by atoms with Gasteiger partial charge in [-0.1, -0.05) is 62.0 Å². The lowest BCUT2D eigenvalue weighted by Crippen LogP contribution is -2.41. The van der Waals surface area contributed by atoms with Crippen molar-refractivity contribution in [1.82, 2.24) is 14.9 Å². The van der Waals surface area contributed by atoms with Crippen molar-refractivity contribution in [2.24, 2.45) is 0 Å². The van der Waals surface area contributed by atoms with Gasteiger partial charge >= 0.3 is 0 Å². The molecule has 0 radical (unpaired) electrons. The zero-order valence-corrected chi connectivity index (χ0v) is 25.2. The molecule has 0 aliphatic heterocycles. The van der Waals surface area contributed by atoms with E-state index < -0.39 is 6.04 Å². The predicted octanol–water partition coefficient (Wildman–Crippen LogP) is 6.87. The van der Waals surface area contributed by atoms with Gasteiger partial charge in [0.25, 0.3) is 5.91 Å². The molecule has 0 bridgehead atoms. The van der Waals surface area contributed by atoms with Crippen molar-refractivity contribution in [2.75, 3.05) is 18.2 Å². The Labute approximate surface area is 250 Å². The molecule has 1 unspecified atom stereocenters. The number of carbonyl (C=O) groups excluding carboxylic acids is 2. The van der Waals surface area contributed by atoms with Crippen LogP contribution < -0.4 is 10.1 Å². The van der Waals surface area contributed by atoms with Gasteiger partial charge in [-0.3, -0.25) is 9.59 Å². The summed E-state index contributed by atoms with van der Waals surface area (Å²) in [6, 6.07) is 21.6.